The molecule has 0 aliphatic heterocycles. The first-order valence-electron chi connectivity index (χ1n) is 10.1. The van der Waals surface area contributed by atoms with Crippen LogP contribution in [0.2, 0.25) is 0 Å². The van der Waals surface area contributed by atoms with Gasteiger partial charge < -0.3 is 11.1 Å². The topological polar surface area (TPSA) is 72.2 Å². The number of unbranched alkanes of at least 4 members (excludes halogenated alkanes) is 10. The fourth-order valence-corrected chi connectivity index (χ4v) is 2.93. The highest BCUT2D eigenvalue weighted by atomic mass is 16.2. The molecular formula is C20H40N2O2. The number of carbonyl (C=O) groups excluding carboxylic acids is 2. The van der Waals surface area contributed by atoms with E-state index in [1.54, 1.807) is 0 Å². The van der Waals surface area contributed by atoms with E-state index in [0.717, 1.165) is 12.8 Å². The fourth-order valence-electron chi connectivity index (χ4n) is 2.93. The second-order valence-corrected chi connectivity index (χ2v) is 7.44. The lowest BCUT2D eigenvalue weighted by Gasteiger charge is -2.17. The number of carbonyl (C=O) groups is 2. The molecule has 0 rings (SSSR count). The Kier molecular flexibility index (Phi) is 14.8. The molecular weight excluding hydrogens is 300 g/mol. The average molecular weight is 341 g/mol. The summed E-state index contributed by atoms with van der Waals surface area (Å²) in [4.78, 5) is 23.2. The van der Waals surface area contributed by atoms with Gasteiger partial charge in [0, 0.05) is 6.42 Å². The van der Waals surface area contributed by atoms with Crippen molar-refractivity contribution < 1.29 is 9.59 Å². The molecule has 0 aliphatic rings. The van der Waals surface area contributed by atoms with Gasteiger partial charge in [-0.2, -0.15) is 0 Å². The molecule has 4 nitrogen and oxygen atoms in total. The predicted octanol–water partition coefficient (Wildman–Crippen LogP) is 4.70. The zero-order chi connectivity index (χ0) is 18.2. The molecule has 0 bridgehead atoms. The maximum atomic E-state index is 11.9. The smallest absolute Gasteiger partial charge is 0.240 e. The molecule has 24 heavy (non-hydrogen) atoms. The van der Waals surface area contributed by atoms with Crippen LogP contribution in [0.5, 0.6) is 0 Å². The number of nitrogens with one attached hydrogen (secondary N) is 1. The number of primary amides is 1. The Hall–Kier alpha value is -1.06. The highest BCUT2D eigenvalue weighted by Crippen LogP contribution is 2.12. The molecule has 142 valence electrons. The number of hydrogen-bond acceptors (Lipinski definition) is 2. The van der Waals surface area contributed by atoms with Crippen molar-refractivity contribution in [2.75, 3.05) is 0 Å². The van der Waals surface area contributed by atoms with Gasteiger partial charge in [-0.05, 0) is 18.8 Å². The average Bonchev–Trinajstić information content (AvgIpc) is 2.51. The van der Waals surface area contributed by atoms with Crippen LogP contribution in [0.25, 0.3) is 0 Å². The summed E-state index contributed by atoms with van der Waals surface area (Å²) in [5, 5.41) is 2.77. The van der Waals surface area contributed by atoms with E-state index in [0.29, 0.717) is 18.8 Å². The third kappa shape index (κ3) is 14.5. The van der Waals surface area contributed by atoms with Crippen LogP contribution < -0.4 is 11.1 Å². The number of nitrogens with two attached hydrogens (primary N) is 1. The maximum Gasteiger partial charge on any atom is 0.240 e. The Morgan fingerprint density at radius 2 is 1.29 bits per heavy atom. The lowest BCUT2D eigenvalue weighted by Crippen LogP contribution is -2.45. The molecule has 0 radical (unpaired) electrons. The minimum Gasteiger partial charge on any atom is -0.368 e. The maximum absolute atomic E-state index is 11.9. The van der Waals surface area contributed by atoms with E-state index in [2.05, 4.69) is 12.2 Å². The van der Waals surface area contributed by atoms with Gasteiger partial charge in [-0.25, -0.2) is 0 Å². The van der Waals surface area contributed by atoms with E-state index in [-0.39, 0.29) is 5.91 Å². The SMILES string of the molecule is CCCCCCCCCCCCCC(=O)N[C@@H](CC(C)C)C(N)=O. The second-order valence-electron chi connectivity index (χ2n) is 7.44. The van der Waals surface area contributed by atoms with Crippen molar-refractivity contribution >= 4 is 11.8 Å². The van der Waals surface area contributed by atoms with Crippen molar-refractivity contribution in [1.82, 2.24) is 5.32 Å². The van der Waals surface area contributed by atoms with Gasteiger partial charge >= 0.3 is 0 Å². The summed E-state index contributed by atoms with van der Waals surface area (Å²) < 4.78 is 0. The van der Waals surface area contributed by atoms with Crippen LogP contribution in [-0.4, -0.2) is 17.9 Å². The lowest BCUT2D eigenvalue weighted by atomic mass is 10.0. The second kappa shape index (κ2) is 15.5. The molecule has 0 fully saturated rings. The summed E-state index contributed by atoms with van der Waals surface area (Å²) in [6.45, 7) is 6.29. The molecule has 0 aromatic rings. The molecule has 0 spiro atoms. The van der Waals surface area contributed by atoms with Crippen molar-refractivity contribution in [3.8, 4) is 0 Å². The molecule has 4 heteroatoms. The molecule has 0 aromatic carbocycles. The van der Waals surface area contributed by atoms with Gasteiger partial charge in [0.05, 0.1) is 0 Å². The first-order chi connectivity index (χ1) is 11.5. The van der Waals surface area contributed by atoms with E-state index in [9.17, 15) is 9.59 Å². The number of amides is 2. The predicted molar refractivity (Wildman–Crippen MR) is 102 cm³/mol. The van der Waals surface area contributed by atoms with Crippen LogP contribution in [0.15, 0.2) is 0 Å². The van der Waals surface area contributed by atoms with Crippen molar-refractivity contribution in [3.05, 3.63) is 0 Å². The Bertz CT molecular complexity index is 330. The van der Waals surface area contributed by atoms with Gasteiger partial charge in [0.15, 0.2) is 0 Å². The normalized spacial score (nSPS) is 12.3. The zero-order valence-corrected chi connectivity index (χ0v) is 16.2. The Labute approximate surface area is 149 Å². The van der Waals surface area contributed by atoms with Crippen LogP contribution in [0.1, 0.15) is 104 Å². The van der Waals surface area contributed by atoms with E-state index >= 15 is 0 Å². The molecule has 0 aromatic heterocycles. The first kappa shape index (κ1) is 22.9. The van der Waals surface area contributed by atoms with Crippen LogP contribution >= 0.6 is 0 Å². The molecule has 1 atom stereocenters. The number of hydrogen-bond donors (Lipinski definition) is 2. The third-order valence-electron chi connectivity index (χ3n) is 4.39. The molecule has 3 N–H and O–H groups in total. The van der Waals surface area contributed by atoms with E-state index in [1.807, 2.05) is 13.8 Å². The molecule has 0 aliphatic carbocycles. The van der Waals surface area contributed by atoms with Gasteiger partial charge in [-0.15, -0.1) is 0 Å². The summed E-state index contributed by atoms with van der Waals surface area (Å²) in [6, 6.07) is -0.523. The third-order valence-corrected chi connectivity index (χ3v) is 4.39. The highest BCUT2D eigenvalue weighted by Gasteiger charge is 2.18. The molecule has 0 saturated heterocycles. The van der Waals surface area contributed by atoms with Crippen LogP contribution in [-0.2, 0) is 9.59 Å². The van der Waals surface area contributed by atoms with Crippen molar-refractivity contribution in [3.63, 3.8) is 0 Å². The quantitative estimate of drug-likeness (QED) is 0.400. The van der Waals surface area contributed by atoms with Gasteiger partial charge in [0.1, 0.15) is 6.04 Å². The van der Waals surface area contributed by atoms with Crippen LogP contribution in [0, 0.1) is 5.92 Å². The van der Waals surface area contributed by atoms with Gasteiger partial charge in [-0.3, -0.25) is 9.59 Å². The molecule has 0 unspecified atom stereocenters. The molecule has 2 amide bonds. The Morgan fingerprint density at radius 1 is 0.833 bits per heavy atom. The highest BCUT2D eigenvalue weighted by molar-refractivity contribution is 5.86. The monoisotopic (exact) mass is 340 g/mol. The summed E-state index contributed by atoms with van der Waals surface area (Å²) in [6.07, 6.45) is 15.0. The first-order valence-corrected chi connectivity index (χ1v) is 10.1. The summed E-state index contributed by atoms with van der Waals surface area (Å²) in [5.41, 5.74) is 5.34. The number of rotatable bonds is 16. The minimum atomic E-state index is -0.523. The zero-order valence-electron chi connectivity index (χ0n) is 16.2. The van der Waals surface area contributed by atoms with E-state index in [4.69, 9.17) is 5.73 Å². The molecule has 0 heterocycles. The van der Waals surface area contributed by atoms with Crippen molar-refractivity contribution in [2.24, 2.45) is 11.7 Å². The van der Waals surface area contributed by atoms with E-state index < -0.39 is 11.9 Å². The fraction of sp³-hybridized carbons (Fsp3) is 0.900. The Balaban J connectivity index is 3.53. The van der Waals surface area contributed by atoms with Gasteiger partial charge in [0.25, 0.3) is 0 Å². The summed E-state index contributed by atoms with van der Waals surface area (Å²) in [7, 11) is 0. The van der Waals surface area contributed by atoms with Crippen LogP contribution in [0.4, 0.5) is 0 Å². The summed E-state index contributed by atoms with van der Waals surface area (Å²) >= 11 is 0. The standard InChI is InChI=1S/C20H40N2O2/c1-4-5-6-7-8-9-10-11-12-13-14-15-19(23)22-18(20(21)24)16-17(2)3/h17-18H,4-16H2,1-3H3,(H2,21,24)(H,22,23)/t18-/m0/s1. The van der Waals surface area contributed by atoms with E-state index in [1.165, 1.54) is 57.8 Å². The molecule has 0 saturated carbocycles. The Morgan fingerprint density at radius 3 is 1.71 bits per heavy atom. The lowest BCUT2D eigenvalue weighted by molar-refractivity contribution is -0.127. The van der Waals surface area contributed by atoms with Gasteiger partial charge in [0.2, 0.25) is 11.8 Å². The van der Waals surface area contributed by atoms with Gasteiger partial charge in [-0.1, -0.05) is 85.0 Å². The van der Waals surface area contributed by atoms with Crippen LogP contribution in [0.3, 0.4) is 0 Å². The van der Waals surface area contributed by atoms with Crippen molar-refractivity contribution in [2.45, 2.75) is 110 Å². The summed E-state index contributed by atoms with van der Waals surface area (Å²) in [5.74, 6) is -0.142. The minimum absolute atomic E-state index is 0.0459. The largest absolute Gasteiger partial charge is 0.368 e. The van der Waals surface area contributed by atoms with Crippen molar-refractivity contribution in [1.29, 1.82) is 0 Å².